The number of hydrogen-bond acceptors (Lipinski definition) is 6. The smallest absolute Gasteiger partial charge is 0.224 e. The van der Waals surface area contributed by atoms with Gasteiger partial charge in [-0.3, -0.25) is 0 Å². The molecule has 0 amide bonds. The molecule has 0 aliphatic rings. The number of hydrogen-bond donors (Lipinski definition) is 2. The van der Waals surface area contributed by atoms with E-state index in [1.165, 1.54) is 0 Å². The molecule has 84 valence electrons. The van der Waals surface area contributed by atoms with Gasteiger partial charge in [0.25, 0.3) is 0 Å². The quantitative estimate of drug-likeness (QED) is 0.836. The van der Waals surface area contributed by atoms with Gasteiger partial charge in [0, 0.05) is 6.20 Å². The summed E-state index contributed by atoms with van der Waals surface area (Å²) in [6, 6.07) is -0.138. The lowest BCUT2D eigenvalue weighted by Gasteiger charge is -2.11. The van der Waals surface area contributed by atoms with Gasteiger partial charge >= 0.3 is 0 Å². The molecule has 0 aliphatic carbocycles. The van der Waals surface area contributed by atoms with Crippen molar-refractivity contribution in [1.29, 1.82) is 0 Å². The maximum Gasteiger partial charge on any atom is 0.224 e. The minimum atomic E-state index is -0.138. The Bertz CT molecular complexity index is 474. The number of nitrogens with zero attached hydrogens (tertiary/aromatic N) is 5. The van der Waals surface area contributed by atoms with Gasteiger partial charge in [0.1, 0.15) is 5.82 Å². The maximum absolute atomic E-state index is 5.69. The third-order valence-electron chi connectivity index (χ3n) is 1.82. The Balaban J connectivity index is 2.17. The molecule has 0 spiro atoms. The lowest BCUT2D eigenvalue weighted by Crippen LogP contribution is -2.10. The van der Waals surface area contributed by atoms with E-state index in [1.807, 2.05) is 6.92 Å². The highest BCUT2D eigenvalue weighted by molar-refractivity contribution is 9.10. The van der Waals surface area contributed by atoms with Crippen molar-refractivity contribution in [2.24, 2.45) is 0 Å². The Labute approximate surface area is 104 Å². The summed E-state index contributed by atoms with van der Waals surface area (Å²) in [4.78, 5) is 7.86. The minimum absolute atomic E-state index is 0.138. The first-order valence-corrected chi connectivity index (χ1v) is 5.52. The summed E-state index contributed by atoms with van der Waals surface area (Å²) < 4.78 is 0.715. The third-order valence-corrected chi connectivity index (χ3v) is 2.58. The van der Waals surface area contributed by atoms with Gasteiger partial charge in [-0.1, -0.05) is 5.21 Å². The summed E-state index contributed by atoms with van der Waals surface area (Å²) in [6.45, 7) is 1.88. The molecule has 0 saturated carbocycles. The lowest BCUT2D eigenvalue weighted by atomic mass is 10.3. The SMILES string of the molecule is CC(Nc1nc(Cl)ncc1Br)c1nn[nH]n1. The Morgan fingerprint density at radius 3 is 3.06 bits per heavy atom. The number of anilines is 1. The molecular formula is C7H7BrClN7. The molecule has 0 aliphatic heterocycles. The van der Waals surface area contributed by atoms with E-state index in [-0.39, 0.29) is 11.3 Å². The second-order valence-corrected chi connectivity index (χ2v) is 4.16. The van der Waals surface area contributed by atoms with Crippen LogP contribution in [0.1, 0.15) is 18.8 Å². The predicted molar refractivity (Wildman–Crippen MR) is 61.0 cm³/mol. The summed E-state index contributed by atoms with van der Waals surface area (Å²) in [7, 11) is 0. The molecule has 2 rings (SSSR count). The van der Waals surface area contributed by atoms with Gasteiger partial charge in [0.2, 0.25) is 5.28 Å². The number of aromatic amines is 1. The summed E-state index contributed by atoms with van der Waals surface area (Å²) >= 11 is 9.00. The van der Waals surface area contributed by atoms with Gasteiger partial charge in [0.15, 0.2) is 5.82 Å². The number of halogens is 2. The van der Waals surface area contributed by atoms with Crippen molar-refractivity contribution < 1.29 is 0 Å². The zero-order valence-electron chi connectivity index (χ0n) is 8.15. The molecule has 0 fully saturated rings. The zero-order valence-corrected chi connectivity index (χ0v) is 10.5. The van der Waals surface area contributed by atoms with Crippen LogP contribution in [0, 0.1) is 0 Å². The van der Waals surface area contributed by atoms with E-state index < -0.39 is 0 Å². The van der Waals surface area contributed by atoms with Crippen LogP contribution in [-0.4, -0.2) is 30.6 Å². The van der Waals surface area contributed by atoms with Crippen molar-refractivity contribution in [3.05, 3.63) is 21.8 Å². The van der Waals surface area contributed by atoms with E-state index in [4.69, 9.17) is 11.6 Å². The first-order valence-electron chi connectivity index (χ1n) is 4.34. The second kappa shape index (κ2) is 4.71. The molecule has 0 bridgehead atoms. The molecule has 0 radical (unpaired) electrons. The van der Waals surface area contributed by atoms with Crippen LogP contribution in [0.2, 0.25) is 5.28 Å². The molecule has 7 nitrogen and oxygen atoms in total. The first-order chi connectivity index (χ1) is 7.66. The molecule has 2 aromatic heterocycles. The van der Waals surface area contributed by atoms with E-state index in [1.54, 1.807) is 6.20 Å². The van der Waals surface area contributed by atoms with Gasteiger partial charge in [-0.05, 0) is 34.5 Å². The van der Waals surface area contributed by atoms with Crippen LogP contribution in [-0.2, 0) is 0 Å². The van der Waals surface area contributed by atoms with Crippen LogP contribution in [0.15, 0.2) is 10.7 Å². The predicted octanol–water partition coefficient (Wildman–Crippen LogP) is 1.58. The van der Waals surface area contributed by atoms with Crippen molar-refractivity contribution >= 4 is 33.3 Å². The number of aromatic nitrogens is 6. The molecule has 2 N–H and O–H groups in total. The molecule has 2 heterocycles. The summed E-state index contributed by atoms with van der Waals surface area (Å²) in [5.41, 5.74) is 0. The lowest BCUT2D eigenvalue weighted by molar-refractivity contribution is 0.786. The van der Waals surface area contributed by atoms with Gasteiger partial charge in [-0.25, -0.2) is 4.98 Å². The molecule has 1 atom stereocenters. The fourth-order valence-corrected chi connectivity index (χ4v) is 1.51. The van der Waals surface area contributed by atoms with Crippen LogP contribution >= 0.6 is 27.5 Å². The molecular weight excluding hydrogens is 297 g/mol. The topological polar surface area (TPSA) is 92.3 Å². The second-order valence-electron chi connectivity index (χ2n) is 2.97. The zero-order chi connectivity index (χ0) is 11.5. The molecule has 1 unspecified atom stereocenters. The summed E-state index contributed by atoms with van der Waals surface area (Å²) in [5, 5.41) is 16.8. The van der Waals surface area contributed by atoms with Crippen molar-refractivity contribution in [2.75, 3.05) is 5.32 Å². The summed E-state index contributed by atoms with van der Waals surface area (Å²) in [6.07, 6.45) is 1.57. The third kappa shape index (κ3) is 2.45. The molecule has 0 aromatic carbocycles. The standard InChI is InChI=1S/C7H7BrClN7/c1-3(5-13-15-16-14-5)11-6-4(8)2-10-7(9)12-6/h2-3H,1H3,(H,10,11,12)(H,13,14,15,16). The van der Waals surface area contributed by atoms with Gasteiger partial charge < -0.3 is 5.32 Å². The number of rotatable bonds is 3. The highest BCUT2D eigenvalue weighted by atomic mass is 79.9. The first kappa shape index (κ1) is 11.2. The van der Waals surface area contributed by atoms with Gasteiger partial charge in [0.05, 0.1) is 10.5 Å². The van der Waals surface area contributed by atoms with E-state index in [0.29, 0.717) is 16.1 Å². The van der Waals surface area contributed by atoms with Crippen molar-refractivity contribution in [2.45, 2.75) is 13.0 Å². The highest BCUT2D eigenvalue weighted by Crippen LogP contribution is 2.23. The summed E-state index contributed by atoms with van der Waals surface area (Å²) in [5.74, 6) is 1.12. The fraction of sp³-hybridized carbons (Fsp3) is 0.286. The van der Waals surface area contributed by atoms with Crippen LogP contribution in [0.4, 0.5) is 5.82 Å². The Morgan fingerprint density at radius 2 is 2.38 bits per heavy atom. The number of H-pyrrole nitrogens is 1. The van der Waals surface area contributed by atoms with Gasteiger partial charge in [-0.2, -0.15) is 10.2 Å². The van der Waals surface area contributed by atoms with Crippen LogP contribution in [0.3, 0.4) is 0 Å². The molecule has 0 saturated heterocycles. The Hall–Kier alpha value is -1.28. The largest absolute Gasteiger partial charge is 0.359 e. The molecule has 9 heteroatoms. The van der Waals surface area contributed by atoms with Crippen molar-refractivity contribution in [3.8, 4) is 0 Å². The monoisotopic (exact) mass is 303 g/mol. The number of tetrazole rings is 1. The average Bonchev–Trinajstić information content (AvgIpc) is 2.76. The minimum Gasteiger partial charge on any atom is -0.359 e. The van der Waals surface area contributed by atoms with E-state index >= 15 is 0 Å². The molecule has 2 aromatic rings. The van der Waals surface area contributed by atoms with Crippen LogP contribution in [0.5, 0.6) is 0 Å². The maximum atomic E-state index is 5.69. The normalized spacial score (nSPS) is 12.4. The van der Waals surface area contributed by atoms with E-state index in [0.717, 1.165) is 0 Å². The Morgan fingerprint density at radius 1 is 1.56 bits per heavy atom. The van der Waals surface area contributed by atoms with E-state index in [9.17, 15) is 0 Å². The van der Waals surface area contributed by atoms with Crippen molar-refractivity contribution in [1.82, 2.24) is 30.6 Å². The molecule has 16 heavy (non-hydrogen) atoms. The van der Waals surface area contributed by atoms with Crippen LogP contribution < -0.4 is 5.32 Å². The van der Waals surface area contributed by atoms with Crippen LogP contribution in [0.25, 0.3) is 0 Å². The van der Waals surface area contributed by atoms with E-state index in [2.05, 4.69) is 51.8 Å². The van der Waals surface area contributed by atoms with Crippen molar-refractivity contribution in [3.63, 3.8) is 0 Å². The Kier molecular flexibility index (Phi) is 3.30. The average molecular weight is 305 g/mol. The highest BCUT2D eigenvalue weighted by Gasteiger charge is 2.12. The fourth-order valence-electron chi connectivity index (χ4n) is 1.07. The van der Waals surface area contributed by atoms with Gasteiger partial charge in [-0.15, -0.1) is 10.2 Å². The number of nitrogens with one attached hydrogen (secondary N) is 2.